The van der Waals surface area contributed by atoms with Crippen molar-refractivity contribution in [1.29, 1.82) is 0 Å². The number of rotatable bonds is 3. The molecule has 0 aliphatic carbocycles. The van der Waals surface area contributed by atoms with Crippen LogP contribution in [0.1, 0.15) is 47.9 Å². The largest absolute Gasteiger partial charge is 0.507 e. The molecule has 0 saturated carbocycles. The number of carbonyl (C=O) groups excluding carboxylic acids is 1. The maximum Gasteiger partial charge on any atom is 0.174 e. The van der Waals surface area contributed by atoms with E-state index in [9.17, 15) is 25.2 Å². The molecular weight excluding hydrogens is 336 g/mol. The second-order valence-electron chi connectivity index (χ2n) is 6.56. The van der Waals surface area contributed by atoms with Crippen molar-refractivity contribution in [2.24, 2.45) is 0 Å². The van der Waals surface area contributed by atoms with Gasteiger partial charge in [0, 0.05) is 11.6 Å². The average Bonchev–Trinajstić information content (AvgIpc) is 2.56. The van der Waals surface area contributed by atoms with Crippen molar-refractivity contribution in [2.75, 3.05) is 0 Å². The van der Waals surface area contributed by atoms with E-state index in [0.717, 1.165) is 5.57 Å². The van der Waals surface area contributed by atoms with Crippen LogP contribution in [0.3, 0.4) is 0 Å². The van der Waals surface area contributed by atoms with Crippen molar-refractivity contribution < 1.29 is 30.0 Å². The fraction of sp³-hybridized carbons (Fsp3) is 0.250. The van der Waals surface area contributed by atoms with Gasteiger partial charge in [-0.2, -0.15) is 0 Å². The van der Waals surface area contributed by atoms with Crippen LogP contribution in [-0.2, 0) is 6.42 Å². The third-order valence-electron chi connectivity index (χ3n) is 4.35. The Kier molecular flexibility index (Phi) is 4.50. The van der Waals surface area contributed by atoms with Gasteiger partial charge in [0.15, 0.2) is 17.3 Å². The standard InChI is InChI=1S/C20H20O6/c1-10(2)3-5-12-14(22)8-18-19(20(12)25)16(24)9-17(26-18)11-4-6-13(21)15(23)7-11/h3-4,6-8,17,21-23,25H,5,9H2,1-2H3. The van der Waals surface area contributed by atoms with Crippen LogP contribution in [0.5, 0.6) is 28.7 Å². The number of aromatic hydroxyl groups is 4. The van der Waals surface area contributed by atoms with E-state index in [1.54, 1.807) is 6.07 Å². The summed E-state index contributed by atoms with van der Waals surface area (Å²) in [7, 11) is 0. The lowest BCUT2D eigenvalue weighted by Crippen LogP contribution is -2.21. The molecule has 1 unspecified atom stereocenters. The summed E-state index contributed by atoms with van der Waals surface area (Å²) in [4.78, 5) is 12.6. The van der Waals surface area contributed by atoms with E-state index >= 15 is 0 Å². The molecule has 0 amide bonds. The molecule has 0 spiro atoms. The molecule has 1 aliphatic heterocycles. The molecule has 2 aromatic carbocycles. The number of hydrogen-bond acceptors (Lipinski definition) is 6. The molecule has 2 aromatic rings. The zero-order valence-electron chi connectivity index (χ0n) is 14.5. The third-order valence-corrected chi connectivity index (χ3v) is 4.35. The van der Waals surface area contributed by atoms with Gasteiger partial charge in [0.25, 0.3) is 0 Å². The van der Waals surface area contributed by atoms with Gasteiger partial charge in [-0.3, -0.25) is 4.79 Å². The van der Waals surface area contributed by atoms with Crippen LogP contribution in [0.2, 0.25) is 0 Å². The first-order valence-corrected chi connectivity index (χ1v) is 8.20. The molecular formula is C20H20O6. The number of fused-ring (bicyclic) bond motifs is 1. The highest BCUT2D eigenvalue weighted by atomic mass is 16.5. The fourth-order valence-corrected chi connectivity index (χ4v) is 2.93. The van der Waals surface area contributed by atoms with E-state index in [1.807, 2.05) is 19.9 Å². The second-order valence-corrected chi connectivity index (χ2v) is 6.56. The number of ether oxygens (including phenoxy) is 1. The van der Waals surface area contributed by atoms with Crippen LogP contribution >= 0.6 is 0 Å². The number of phenolic OH excluding ortho intramolecular Hbond substituents is 4. The molecule has 1 heterocycles. The van der Waals surface area contributed by atoms with Crippen molar-refractivity contribution >= 4 is 5.78 Å². The maximum atomic E-state index is 12.6. The van der Waals surface area contributed by atoms with Crippen molar-refractivity contribution in [3.05, 3.63) is 52.6 Å². The molecule has 6 heteroatoms. The number of benzene rings is 2. The minimum absolute atomic E-state index is 0.0301. The monoisotopic (exact) mass is 356 g/mol. The van der Waals surface area contributed by atoms with Gasteiger partial charge in [-0.25, -0.2) is 0 Å². The van der Waals surface area contributed by atoms with Crippen LogP contribution < -0.4 is 4.74 Å². The smallest absolute Gasteiger partial charge is 0.174 e. The van der Waals surface area contributed by atoms with Gasteiger partial charge in [-0.15, -0.1) is 0 Å². The van der Waals surface area contributed by atoms with Gasteiger partial charge in [-0.1, -0.05) is 17.7 Å². The van der Waals surface area contributed by atoms with E-state index in [1.165, 1.54) is 18.2 Å². The normalized spacial score (nSPS) is 15.9. The summed E-state index contributed by atoms with van der Waals surface area (Å²) >= 11 is 0. The molecule has 4 N–H and O–H groups in total. The van der Waals surface area contributed by atoms with Crippen LogP contribution in [-0.4, -0.2) is 26.2 Å². The van der Waals surface area contributed by atoms with Crippen LogP contribution in [0, 0.1) is 0 Å². The summed E-state index contributed by atoms with van der Waals surface area (Å²) in [6.07, 6.45) is 1.43. The van der Waals surface area contributed by atoms with E-state index in [-0.39, 0.29) is 52.1 Å². The molecule has 0 bridgehead atoms. The zero-order chi connectivity index (χ0) is 19.0. The van der Waals surface area contributed by atoms with E-state index in [4.69, 9.17) is 4.74 Å². The molecule has 0 aromatic heterocycles. The number of carbonyl (C=O) groups is 1. The maximum absolute atomic E-state index is 12.6. The number of Topliss-reactive ketones (excluding diaryl/α,β-unsaturated/α-hetero) is 1. The molecule has 136 valence electrons. The topological polar surface area (TPSA) is 107 Å². The Morgan fingerprint density at radius 3 is 2.50 bits per heavy atom. The molecule has 1 atom stereocenters. The molecule has 0 fully saturated rings. The van der Waals surface area contributed by atoms with Gasteiger partial charge in [0.2, 0.25) is 0 Å². The van der Waals surface area contributed by atoms with Gasteiger partial charge in [-0.05, 0) is 38.0 Å². The summed E-state index contributed by atoms with van der Waals surface area (Å²) in [5, 5.41) is 39.8. The first-order valence-electron chi connectivity index (χ1n) is 8.20. The highest BCUT2D eigenvalue weighted by Crippen LogP contribution is 2.45. The summed E-state index contributed by atoms with van der Waals surface area (Å²) in [6.45, 7) is 3.80. The van der Waals surface area contributed by atoms with E-state index in [2.05, 4.69) is 0 Å². The van der Waals surface area contributed by atoms with Gasteiger partial charge in [0.05, 0.1) is 6.42 Å². The van der Waals surface area contributed by atoms with E-state index < -0.39 is 6.10 Å². The molecule has 26 heavy (non-hydrogen) atoms. The molecule has 1 aliphatic rings. The Balaban J connectivity index is 1.99. The summed E-state index contributed by atoms with van der Waals surface area (Å²) in [5.74, 6) is -1.23. The van der Waals surface area contributed by atoms with Gasteiger partial charge < -0.3 is 25.2 Å². The summed E-state index contributed by atoms with van der Waals surface area (Å²) in [5.41, 5.74) is 1.87. The van der Waals surface area contributed by atoms with Crippen LogP contribution in [0.15, 0.2) is 35.9 Å². The molecule has 6 nitrogen and oxygen atoms in total. The molecule has 0 saturated heterocycles. The summed E-state index contributed by atoms with van der Waals surface area (Å²) < 4.78 is 5.78. The average molecular weight is 356 g/mol. The van der Waals surface area contributed by atoms with Crippen LogP contribution in [0.4, 0.5) is 0 Å². The third kappa shape index (κ3) is 3.18. The van der Waals surface area contributed by atoms with Crippen molar-refractivity contribution in [1.82, 2.24) is 0 Å². The second kappa shape index (κ2) is 6.63. The van der Waals surface area contributed by atoms with Crippen molar-refractivity contribution in [2.45, 2.75) is 32.8 Å². The van der Waals surface area contributed by atoms with Crippen molar-refractivity contribution in [3.63, 3.8) is 0 Å². The highest BCUT2D eigenvalue weighted by Gasteiger charge is 2.32. The number of phenols is 4. The minimum Gasteiger partial charge on any atom is -0.507 e. The zero-order valence-corrected chi connectivity index (χ0v) is 14.5. The summed E-state index contributed by atoms with van der Waals surface area (Å²) in [6, 6.07) is 5.50. The van der Waals surface area contributed by atoms with E-state index in [0.29, 0.717) is 12.0 Å². The number of hydrogen-bond donors (Lipinski definition) is 4. The first-order chi connectivity index (χ1) is 12.3. The van der Waals surface area contributed by atoms with Gasteiger partial charge in [0.1, 0.15) is 28.9 Å². The Morgan fingerprint density at radius 2 is 1.85 bits per heavy atom. The Bertz CT molecular complexity index is 909. The quantitative estimate of drug-likeness (QED) is 0.493. The Labute approximate surface area is 150 Å². The first kappa shape index (κ1) is 17.7. The highest BCUT2D eigenvalue weighted by molar-refractivity contribution is 6.03. The fourth-order valence-electron chi connectivity index (χ4n) is 2.93. The molecule has 0 radical (unpaired) electrons. The minimum atomic E-state index is -0.691. The predicted molar refractivity (Wildman–Crippen MR) is 95.0 cm³/mol. The SMILES string of the molecule is CC(C)=CCc1c(O)cc2c(c1O)C(=O)CC(c1ccc(O)c(O)c1)O2. The van der Waals surface area contributed by atoms with Gasteiger partial charge >= 0.3 is 0 Å². The van der Waals surface area contributed by atoms with Crippen molar-refractivity contribution in [3.8, 4) is 28.7 Å². The lowest BCUT2D eigenvalue weighted by atomic mass is 9.92. The number of ketones is 1. The predicted octanol–water partition coefficient (Wildman–Crippen LogP) is 3.72. The Hall–Kier alpha value is -3.15. The lowest BCUT2D eigenvalue weighted by molar-refractivity contribution is 0.0844. The number of allylic oxidation sites excluding steroid dienone is 2. The lowest BCUT2D eigenvalue weighted by Gasteiger charge is -2.27. The molecule has 3 rings (SSSR count). The van der Waals surface area contributed by atoms with Crippen LogP contribution in [0.25, 0.3) is 0 Å². The Morgan fingerprint density at radius 1 is 1.12 bits per heavy atom.